The number of carbonyl (C=O) groups is 1. The van der Waals surface area contributed by atoms with Crippen LogP contribution in [0.3, 0.4) is 0 Å². The molecule has 110 valence electrons. The summed E-state index contributed by atoms with van der Waals surface area (Å²) in [5.41, 5.74) is 0.946. The predicted molar refractivity (Wildman–Crippen MR) is 78.0 cm³/mol. The standard InChI is InChI=1S/C15H22N2O3/c1-15(2,3)20-14(19)16-10-5-4-7-12-8-6-9-13(11-18)17-12/h4,6-9,18H,5,10-11H2,1-3H3,(H,16,19). The van der Waals surface area contributed by atoms with Crippen molar-refractivity contribution in [3.8, 4) is 0 Å². The fourth-order valence-corrected chi connectivity index (χ4v) is 1.45. The highest BCUT2D eigenvalue weighted by Gasteiger charge is 2.15. The van der Waals surface area contributed by atoms with Gasteiger partial charge in [0, 0.05) is 6.54 Å². The van der Waals surface area contributed by atoms with Gasteiger partial charge < -0.3 is 15.2 Å². The van der Waals surface area contributed by atoms with Gasteiger partial charge in [0.25, 0.3) is 0 Å². The Balaban J connectivity index is 2.30. The summed E-state index contributed by atoms with van der Waals surface area (Å²) < 4.78 is 5.12. The van der Waals surface area contributed by atoms with Gasteiger partial charge in [0.05, 0.1) is 18.0 Å². The maximum atomic E-state index is 11.4. The molecule has 0 radical (unpaired) electrons. The molecule has 0 spiro atoms. The van der Waals surface area contributed by atoms with Gasteiger partial charge in [-0.1, -0.05) is 12.1 Å². The summed E-state index contributed by atoms with van der Waals surface area (Å²) >= 11 is 0. The lowest BCUT2D eigenvalue weighted by atomic mass is 10.2. The first-order valence-corrected chi connectivity index (χ1v) is 6.61. The number of hydrogen-bond donors (Lipinski definition) is 2. The summed E-state index contributed by atoms with van der Waals surface area (Å²) in [5.74, 6) is 0. The number of aliphatic hydroxyl groups excluding tert-OH is 1. The van der Waals surface area contributed by atoms with Crippen LogP contribution < -0.4 is 5.32 Å². The molecule has 0 bridgehead atoms. The van der Waals surface area contributed by atoms with E-state index in [1.165, 1.54) is 0 Å². The molecule has 1 rings (SSSR count). The van der Waals surface area contributed by atoms with E-state index < -0.39 is 11.7 Å². The molecular formula is C15H22N2O3. The number of amides is 1. The average Bonchev–Trinajstić information content (AvgIpc) is 2.36. The topological polar surface area (TPSA) is 71.5 Å². The molecular weight excluding hydrogens is 256 g/mol. The Kier molecular flexibility index (Phi) is 6.18. The van der Waals surface area contributed by atoms with Gasteiger partial charge in [-0.2, -0.15) is 0 Å². The lowest BCUT2D eigenvalue weighted by molar-refractivity contribution is 0.0529. The zero-order valence-electron chi connectivity index (χ0n) is 12.2. The smallest absolute Gasteiger partial charge is 0.407 e. The molecule has 0 fully saturated rings. The number of aliphatic hydroxyl groups is 1. The number of pyridine rings is 1. The monoisotopic (exact) mass is 278 g/mol. The maximum absolute atomic E-state index is 11.4. The minimum Gasteiger partial charge on any atom is -0.444 e. The number of nitrogens with one attached hydrogen (secondary N) is 1. The summed E-state index contributed by atoms with van der Waals surface area (Å²) in [5, 5.41) is 11.7. The number of alkyl carbamates (subject to hydrolysis) is 1. The van der Waals surface area contributed by atoms with E-state index >= 15 is 0 Å². The quantitative estimate of drug-likeness (QED) is 0.812. The molecule has 0 aromatic carbocycles. The van der Waals surface area contributed by atoms with E-state index in [1.807, 2.05) is 45.1 Å². The highest BCUT2D eigenvalue weighted by atomic mass is 16.6. The molecule has 0 saturated heterocycles. The van der Waals surface area contributed by atoms with Gasteiger partial charge in [0.1, 0.15) is 5.60 Å². The van der Waals surface area contributed by atoms with Gasteiger partial charge in [-0.25, -0.2) is 4.79 Å². The maximum Gasteiger partial charge on any atom is 0.407 e. The summed E-state index contributed by atoms with van der Waals surface area (Å²) in [4.78, 5) is 15.6. The van der Waals surface area contributed by atoms with Gasteiger partial charge in [-0.05, 0) is 45.4 Å². The van der Waals surface area contributed by atoms with E-state index in [0.29, 0.717) is 18.7 Å². The van der Waals surface area contributed by atoms with Gasteiger partial charge in [-0.3, -0.25) is 4.98 Å². The first-order chi connectivity index (χ1) is 9.40. The van der Waals surface area contributed by atoms with Crippen LogP contribution in [0.2, 0.25) is 0 Å². The van der Waals surface area contributed by atoms with Crippen molar-refractivity contribution in [2.24, 2.45) is 0 Å². The number of ether oxygens (including phenoxy) is 1. The first kappa shape index (κ1) is 16.2. The van der Waals surface area contributed by atoms with Crippen LogP contribution in [0.15, 0.2) is 24.3 Å². The molecule has 0 aliphatic heterocycles. The Bertz CT molecular complexity index is 464. The Morgan fingerprint density at radius 3 is 2.85 bits per heavy atom. The molecule has 0 aliphatic carbocycles. The largest absolute Gasteiger partial charge is 0.444 e. The lowest BCUT2D eigenvalue weighted by Crippen LogP contribution is -2.32. The summed E-state index contributed by atoms with van der Waals surface area (Å²) in [6.07, 6.45) is 4.05. The average molecular weight is 278 g/mol. The fourth-order valence-electron chi connectivity index (χ4n) is 1.45. The highest BCUT2D eigenvalue weighted by Crippen LogP contribution is 2.06. The second-order valence-electron chi connectivity index (χ2n) is 5.33. The summed E-state index contributed by atoms with van der Waals surface area (Å²) in [6.45, 7) is 5.91. The molecule has 5 heteroatoms. The molecule has 1 aromatic rings. The zero-order chi connectivity index (χ0) is 15.0. The minimum atomic E-state index is -0.478. The van der Waals surface area contributed by atoms with Crippen LogP contribution in [0.4, 0.5) is 4.79 Å². The third kappa shape index (κ3) is 6.89. The number of nitrogens with zero attached hydrogens (tertiary/aromatic N) is 1. The van der Waals surface area contributed by atoms with Gasteiger partial charge in [-0.15, -0.1) is 0 Å². The molecule has 0 aliphatic rings. The van der Waals surface area contributed by atoms with Crippen LogP contribution in [0.1, 0.15) is 38.6 Å². The van der Waals surface area contributed by atoms with Crippen LogP contribution in [0, 0.1) is 0 Å². The molecule has 5 nitrogen and oxygen atoms in total. The molecule has 0 atom stereocenters. The van der Waals surface area contributed by atoms with Gasteiger partial charge >= 0.3 is 6.09 Å². The van der Waals surface area contributed by atoms with Crippen LogP contribution in [-0.2, 0) is 11.3 Å². The van der Waals surface area contributed by atoms with Crippen molar-refractivity contribution in [3.63, 3.8) is 0 Å². The van der Waals surface area contributed by atoms with Crippen LogP contribution in [-0.4, -0.2) is 28.3 Å². The fraction of sp³-hybridized carbons (Fsp3) is 0.467. The Hall–Kier alpha value is -1.88. The van der Waals surface area contributed by atoms with Crippen LogP contribution in [0.5, 0.6) is 0 Å². The summed E-state index contributed by atoms with van der Waals surface area (Å²) in [7, 11) is 0. The number of rotatable bonds is 5. The van der Waals surface area contributed by atoms with Crippen molar-refractivity contribution in [1.82, 2.24) is 10.3 Å². The van der Waals surface area contributed by atoms with E-state index in [2.05, 4.69) is 10.3 Å². The molecule has 1 amide bonds. The van der Waals surface area contributed by atoms with E-state index in [9.17, 15) is 4.79 Å². The normalized spacial score (nSPS) is 11.6. The van der Waals surface area contributed by atoms with Crippen molar-refractivity contribution < 1.29 is 14.6 Å². The number of hydrogen-bond acceptors (Lipinski definition) is 4. The molecule has 1 aromatic heterocycles. The van der Waals surface area contributed by atoms with E-state index in [-0.39, 0.29) is 6.61 Å². The predicted octanol–water partition coefficient (Wildman–Crippen LogP) is 2.50. The second kappa shape index (κ2) is 7.65. The van der Waals surface area contributed by atoms with Crippen molar-refractivity contribution in [2.45, 2.75) is 39.4 Å². The first-order valence-electron chi connectivity index (χ1n) is 6.61. The van der Waals surface area contributed by atoms with E-state index in [4.69, 9.17) is 9.84 Å². The van der Waals surface area contributed by atoms with Crippen LogP contribution in [0.25, 0.3) is 6.08 Å². The molecule has 2 N–H and O–H groups in total. The molecule has 20 heavy (non-hydrogen) atoms. The lowest BCUT2D eigenvalue weighted by Gasteiger charge is -2.19. The van der Waals surface area contributed by atoms with E-state index in [1.54, 1.807) is 6.07 Å². The zero-order valence-corrected chi connectivity index (χ0v) is 12.2. The molecule has 0 saturated carbocycles. The van der Waals surface area contributed by atoms with Crippen molar-refractivity contribution in [3.05, 3.63) is 35.7 Å². The Morgan fingerprint density at radius 2 is 2.20 bits per heavy atom. The van der Waals surface area contributed by atoms with Crippen molar-refractivity contribution >= 4 is 12.2 Å². The number of carbonyl (C=O) groups excluding carboxylic acids is 1. The van der Waals surface area contributed by atoms with E-state index in [0.717, 1.165) is 5.69 Å². The summed E-state index contributed by atoms with van der Waals surface area (Å²) in [6, 6.07) is 5.47. The molecule has 1 heterocycles. The third-order valence-electron chi connectivity index (χ3n) is 2.26. The molecule has 0 unspecified atom stereocenters. The van der Waals surface area contributed by atoms with Gasteiger partial charge in [0.2, 0.25) is 0 Å². The van der Waals surface area contributed by atoms with Gasteiger partial charge in [0.15, 0.2) is 0 Å². The number of aromatic nitrogens is 1. The Morgan fingerprint density at radius 1 is 1.45 bits per heavy atom. The third-order valence-corrected chi connectivity index (χ3v) is 2.26. The Labute approximate surface area is 119 Å². The highest BCUT2D eigenvalue weighted by molar-refractivity contribution is 5.67. The van der Waals surface area contributed by atoms with Crippen molar-refractivity contribution in [2.75, 3.05) is 6.54 Å². The second-order valence-corrected chi connectivity index (χ2v) is 5.33. The van der Waals surface area contributed by atoms with Crippen molar-refractivity contribution in [1.29, 1.82) is 0 Å². The van der Waals surface area contributed by atoms with Crippen LogP contribution >= 0.6 is 0 Å². The minimum absolute atomic E-state index is 0.0676. The SMILES string of the molecule is CC(C)(C)OC(=O)NCCC=Cc1cccc(CO)n1.